The summed E-state index contributed by atoms with van der Waals surface area (Å²) in [5, 5.41) is 12.6. The Hall–Kier alpha value is -1.83. The molecule has 1 aliphatic heterocycles. The van der Waals surface area contributed by atoms with Gasteiger partial charge in [0.05, 0.1) is 19.2 Å². The van der Waals surface area contributed by atoms with Crippen molar-refractivity contribution in [3.8, 4) is 5.75 Å². The van der Waals surface area contributed by atoms with E-state index >= 15 is 0 Å². The normalized spacial score (nSPS) is 17.3. The first kappa shape index (κ1) is 18.5. The lowest BCUT2D eigenvalue weighted by atomic mass is 10.1. The average Bonchev–Trinajstić information content (AvgIpc) is 2.53. The SMILES string of the molecule is COc1ccc(Cl)cc1NC(=O)CC(C(=O)O)N1CCN(C)CC1. The third-order valence-electron chi connectivity index (χ3n) is 4.08. The highest BCUT2D eigenvalue weighted by Gasteiger charge is 2.30. The zero-order chi connectivity index (χ0) is 17.7. The van der Waals surface area contributed by atoms with Gasteiger partial charge in [0.2, 0.25) is 5.91 Å². The van der Waals surface area contributed by atoms with Gasteiger partial charge in [0, 0.05) is 31.2 Å². The summed E-state index contributed by atoms with van der Waals surface area (Å²) in [5.41, 5.74) is 0.428. The van der Waals surface area contributed by atoms with Gasteiger partial charge in [-0.2, -0.15) is 0 Å². The highest BCUT2D eigenvalue weighted by atomic mass is 35.5. The Morgan fingerprint density at radius 1 is 1.33 bits per heavy atom. The number of rotatable bonds is 6. The number of carbonyl (C=O) groups excluding carboxylic acids is 1. The summed E-state index contributed by atoms with van der Waals surface area (Å²) in [6.07, 6.45) is -0.130. The smallest absolute Gasteiger partial charge is 0.321 e. The minimum Gasteiger partial charge on any atom is -0.495 e. The number of halogens is 1. The van der Waals surface area contributed by atoms with Crippen molar-refractivity contribution < 1.29 is 19.4 Å². The number of anilines is 1. The number of piperazine rings is 1. The van der Waals surface area contributed by atoms with Crippen molar-refractivity contribution >= 4 is 29.2 Å². The Balaban J connectivity index is 2.03. The van der Waals surface area contributed by atoms with E-state index in [-0.39, 0.29) is 12.3 Å². The van der Waals surface area contributed by atoms with Crippen LogP contribution in [0.2, 0.25) is 5.02 Å². The molecule has 2 N–H and O–H groups in total. The Morgan fingerprint density at radius 3 is 2.58 bits per heavy atom. The van der Waals surface area contributed by atoms with Gasteiger partial charge in [-0.3, -0.25) is 14.5 Å². The van der Waals surface area contributed by atoms with Crippen molar-refractivity contribution in [1.82, 2.24) is 9.80 Å². The maximum absolute atomic E-state index is 12.3. The fourth-order valence-electron chi connectivity index (χ4n) is 2.66. The van der Waals surface area contributed by atoms with Crippen LogP contribution in [0.25, 0.3) is 0 Å². The first-order valence-electron chi connectivity index (χ1n) is 7.69. The van der Waals surface area contributed by atoms with Crippen molar-refractivity contribution in [2.45, 2.75) is 12.5 Å². The summed E-state index contributed by atoms with van der Waals surface area (Å²) in [7, 11) is 3.48. The summed E-state index contributed by atoms with van der Waals surface area (Å²) in [6, 6.07) is 4.03. The molecule has 0 aliphatic carbocycles. The first-order chi connectivity index (χ1) is 11.4. The van der Waals surface area contributed by atoms with Crippen LogP contribution in [0.15, 0.2) is 18.2 Å². The van der Waals surface area contributed by atoms with Crippen LogP contribution in [0.5, 0.6) is 5.75 Å². The maximum atomic E-state index is 12.3. The average molecular weight is 356 g/mol. The summed E-state index contributed by atoms with van der Waals surface area (Å²) in [6.45, 7) is 2.82. The molecule has 2 rings (SSSR count). The lowest BCUT2D eigenvalue weighted by Gasteiger charge is -2.35. The Bertz CT molecular complexity index is 603. The topological polar surface area (TPSA) is 82.1 Å². The summed E-state index contributed by atoms with van der Waals surface area (Å²) in [4.78, 5) is 27.8. The maximum Gasteiger partial charge on any atom is 0.321 e. The molecular formula is C16H22ClN3O4. The van der Waals surface area contributed by atoms with Crippen LogP contribution in [-0.4, -0.2) is 73.2 Å². The van der Waals surface area contributed by atoms with Crippen LogP contribution in [0.3, 0.4) is 0 Å². The molecule has 24 heavy (non-hydrogen) atoms. The molecule has 8 heteroatoms. The third-order valence-corrected chi connectivity index (χ3v) is 4.31. The van der Waals surface area contributed by atoms with E-state index in [2.05, 4.69) is 10.2 Å². The second-order valence-electron chi connectivity index (χ2n) is 5.79. The molecular weight excluding hydrogens is 334 g/mol. The molecule has 0 bridgehead atoms. The van der Waals surface area contributed by atoms with E-state index in [0.29, 0.717) is 29.5 Å². The van der Waals surface area contributed by atoms with Gasteiger partial charge in [-0.25, -0.2) is 0 Å². The molecule has 7 nitrogen and oxygen atoms in total. The van der Waals surface area contributed by atoms with Gasteiger partial charge in [-0.1, -0.05) is 11.6 Å². The summed E-state index contributed by atoms with van der Waals surface area (Å²) < 4.78 is 5.18. The molecule has 1 unspecified atom stereocenters. The predicted octanol–water partition coefficient (Wildman–Crippen LogP) is 1.38. The molecule has 1 aromatic rings. The Kier molecular flexibility index (Phi) is 6.42. The second kappa shape index (κ2) is 8.32. The first-order valence-corrected chi connectivity index (χ1v) is 8.07. The summed E-state index contributed by atoms with van der Waals surface area (Å²) >= 11 is 5.93. The highest BCUT2D eigenvalue weighted by Crippen LogP contribution is 2.28. The van der Waals surface area contributed by atoms with Crippen molar-refractivity contribution in [2.24, 2.45) is 0 Å². The zero-order valence-electron chi connectivity index (χ0n) is 13.8. The predicted molar refractivity (Wildman–Crippen MR) is 91.7 cm³/mol. The number of hydrogen-bond acceptors (Lipinski definition) is 5. The quantitative estimate of drug-likeness (QED) is 0.802. The van der Waals surface area contributed by atoms with Crippen molar-refractivity contribution in [3.63, 3.8) is 0 Å². The highest BCUT2D eigenvalue weighted by molar-refractivity contribution is 6.31. The van der Waals surface area contributed by atoms with Gasteiger partial charge in [0.25, 0.3) is 0 Å². The molecule has 1 atom stereocenters. The molecule has 1 aliphatic rings. The van der Waals surface area contributed by atoms with Gasteiger partial charge < -0.3 is 20.1 Å². The van der Waals surface area contributed by atoms with Crippen molar-refractivity contribution in [2.75, 3.05) is 45.7 Å². The number of methoxy groups -OCH3 is 1. The molecule has 0 aromatic heterocycles. The van der Waals surface area contributed by atoms with E-state index in [9.17, 15) is 14.7 Å². The molecule has 1 heterocycles. The minimum atomic E-state index is -0.993. The van der Waals surface area contributed by atoms with Gasteiger partial charge in [-0.15, -0.1) is 0 Å². The molecule has 1 fully saturated rings. The van der Waals surface area contributed by atoms with Gasteiger partial charge in [-0.05, 0) is 25.2 Å². The standard InChI is InChI=1S/C16H22ClN3O4/c1-19-5-7-20(8-6-19)13(16(22)23)10-15(21)18-12-9-11(17)3-4-14(12)24-2/h3-4,9,13H,5-8,10H2,1-2H3,(H,18,21)(H,22,23). The number of hydrogen-bond donors (Lipinski definition) is 2. The van der Waals surface area contributed by atoms with E-state index in [1.165, 1.54) is 7.11 Å². The largest absolute Gasteiger partial charge is 0.495 e. The van der Waals surface area contributed by atoms with Crippen LogP contribution in [0.4, 0.5) is 5.69 Å². The number of nitrogens with one attached hydrogen (secondary N) is 1. The minimum absolute atomic E-state index is 0.130. The monoisotopic (exact) mass is 355 g/mol. The summed E-state index contributed by atoms with van der Waals surface area (Å²) in [5.74, 6) is -0.908. The lowest BCUT2D eigenvalue weighted by molar-refractivity contribution is -0.145. The second-order valence-corrected chi connectivity index (χ2v) is 6.23. The molecule has 1 saturated heterocycles. The van der Waals surface area contributed by atoms with Crippen LogP contribution < -0.4 is 10.1 Å². The molecule has 1 amide bonds. The lowest BCUT2D eigenvalue weighted by Crippen LogP contribution is -2.52. The van der Waals surface area contributed by atoms with Gasteiger partial charge in [0.15, 0.2) is 0 Å². The van der Waals surface area contributed by atoms with Crippen molar-refractivity contribution in [3.05, 3.63) is 23.2 Å². The number of ether oxygens (including phenoxy) is 1. The third kappa shape index (κ3) is 4.83. The van der Waals surface area contributed by atoms with E-state index < -0.39 is 12.0 Å². The molecule has 1 aromatic carbocycles. The molecule has 0 radical (unpaired) electrons. The van der Waals surface area contributed by atoms with E-state index in [1.807, 2.05) is 11.9 Å². The molecule has 0 saturated carbocycles. The zero-order valence-corrected chi connectivity index (χ0v) is 14.5. The van der Waals surface area contributed by atoms with E-state index in [4.69, 9.17) is 16.3 Å². The van der Waals surface area contributed by atoms with Crippen molar-refractivity contribution in [1.29, 1.82) is 0 Å². The van der Waals surface area contributed by atoms with E-state index in [1.54, 1.807) is 18.2 Å². The Morgan fingerprint density at radius 2 is 2.00 bits per heavy atom. The number of carboxylic acid groups (broad SMARTS) is 1. The van der Waals surface area contributed by atoms with Crippen LogP contribution in [0.1, 0.15) is 6.42 Å². The van der Waals surface area contributed by atoms with E-state index in [0.717, 1.165) is 13.1 Å². The molecule has 0 spiro atoms. The number of aliphatic carboxylic acids is 1. The number of carboxylic acids is 1. The van der Waals surface area contributed by atoms with Crippen LogP contribution in [0, 0.1) is 0 Å². The number of benzene rings is 1. The number of amides is 1. The van der Waals surface area contributed by atoms with Crippen LogP contribution >= 0.6 is 11.6 Å². The van der Waals surface area contributed by atoms with Gasteiger partial charge in [0.1, 0.15) is 11.8 Å². The number of nitrogens with zero attached hydrogens (tertiary/aromatic N) is 2. The fourth-order valence-corrected chi connectivity index (χ4v) is 2.83. The number of likely N-dealkylation sites (N-methyl/N-ethyl adjacent to an activating group) is 1. The Labute approximate surface area is 146 Å². The number of carbonyl (C=O) groups is 2. The fraction of sp³-hybridized carbons (Fsp3) is 0.500. The van der Waals surface area contributed by atoms with Crippen LogP contribution in [-0.2, 0) is 9.59 Å². The van der Waals surface area contributed by atoms with Gasteiger partial charge >= 0.3 is 5.97 Å². The molecule has 132 valence electrons.